The Kier molecular flexibility index (Phi) is 362. The van der Waals surface area contributed by atoms with Gasteiger partial charge in [0.25, 0.3) is 0 Å². The summed E-state index contributed by atoms with van der Waals surface area (Å²) in [7, 11) is 0. The molecular formula is C20H68N6O. The molecule has 0 heterocycles. The van der Waals surface area contributed by atoms with Crippen molar-refractivity contribution in [3.8, 4) is 0 Å². The molecule has 184 valence electrons. The zero-order valence-corrected chi connectivity index (χ0v) is 13.2. The molecule has 0 amide bonds. The molecule has 0 saturated heterocycles. The predicted molar refractivity (Wildman–Crippen MR) is 140 cm³/mol. The molecule has 0 aromatic rings. The number of aliphatic imine (C=N–C) groups is 1. The maximum absolute atomic E-state index is 7.57. The van der Waals surface area contributed by atoms with Crippen molar-refractivity contribution in [2.24, 2.45) is 27.9 Å². The molecule has 27 heavy (non-hydrogen) atoms. The number of aliphatic hydroxyl groups is 1. The van der Waals surface area contributed by atoms with Gasteiger partial charge in [-0.3, -0.25) is 4.99 Å². The van der Waals surface area contributed by atoms with E-state index in [0.29, 0.717) is 6.54 Å². The van der Waals surface area contributed by atoms with Crippen molar-refractivity contribution >= 4 is 5.96 Å². The summed E-state index contributed by atoms with van der Waals surface area (Å²) in [5.41, 5.74) is 19.9. The maximum Gasteiger partial charge on any atom is 0.185 e. The van der Waals surface area contributed by atoms with Crippen LogP contribution in [0.5, 0.6) is 0 Å². The fourth-order valence-electron chi connectivity index (χ4n) is 0.586. The van der Waals surface area contributed by atoms with E-state index in [1.807, 2.05) is 13.8 Å². The molecule has 0 rings (SSSR count). The summed E-state index contributed by atoms with van der Waals surface area (Å²) >= 11 is 0. The second-order valence-electron chi connectivity index (χ2n) is 3.16. The van der Waals surface area contributed by atoms with Crippen LogP contribution in [0.15, 0.2) is 4.99 Å². The fourth-order valence-corrected chi connectivity index (χ4v) is 0.586. The van der Waals surface area contributed by atoms with E-state index in [0.717, 1.165) is 26.2 Å². The van der Waals surface area contributed by atoms with Crippen LogP contribution in [0.3, 0.4) is 0 Å². The molecule has 10 N–H and O–H groups in total. The van der Waals surface area contributed by atoms with Crippen LogP contribution in [-0.2, 0) is 0 Å². The van der Waals surface area contributed by atoms with Gasteiger partial charge in [-0.25, -0.2) is 0 Å². The van der Waals surface area contributed by atoms with Gasteiger partial charge in [0.1, 0.15) is 0 Å². The van der Waals surface area contributed by atoms with E-state index < -0.39 is 0 Å². The van der Waals surface area contributed by atoms with E-state index >= 15 is 0 Å². The molecule has 0 radical (unpaired) electrons. The summed E-state index contributed by atoms with van der Waals surface area (Å²) in [6.07, 6.45) is 1.19. The van der Waals surface area contributed by atoms with Gasteiger partial charge in [0, 0.05) is 26.2 Å². The second-order valence-corrected chi connectivity index (χ2v) is 3.16. The van der Waals surface area contributed by atoms with E-state index in [2.05, 4.69) is 17.2 Å². The molecule has 0 bridgehead atoms. The number of rotatable bonds is 5. The van der Waals surface area contributed by atoms with Gasteiger partial charge in [-0.1, -0.05) is 73.3 Å². The van der Waals surface area contributed by atoms with E-state index in [1.54, 1.807) is 6.92 Å². The number of nitrogens with two attached hydrogens (primary N) is 4. The number of guanidine groups is 1. The quantitative estimate of drug-likeness (QED) is 0.227. The molecule has 0 fully saturated rings. The Morgan fingerprint density at radius 3 is 1.19 bits per heavy atom. The first kappa shape index (κ1) is 82.7. The van der Waals surface area contributed by atoms with Crippen molar-refractivity contribution in [1.82, 2.24) is 5.32 Å². The Balaban J connectivity index is -0.0000000106. The highest BCUT2D eigenvalue weighted by molar-refractivity contribution is 5.75. The molecule has 0 aliphatic heterocycles. The monoisotopic (exact) mass is 409 g/mol. The van der Waals surface area contributed by atoms with Crippen molar-refractivity contribution < 1.29 is 5.11 Å². The Hall–Kier alpha value is -0.890. The lowest BCUT2D eigenvalue weighted by Crippen LogP contribution is -2.22. The third kappa shape index (κ3) is 359. The number of nitrogens with zero attached hydrogens (tertiary/aromatic N) is 1. The first-order valence-electron chi connectivity index (χ1n) is 6.79. The van der Waals surface area contributed by atoms with Crippen molar-refractivity contribution in [1.29, 1.82) is 0 Å². The average Bonchev–Trinajstić information content (AvgIpc) is 2.32. The van der Waals surface area contributed by atoms with E-state index in [1.165, 1.54) is 6.42 Å². The van der Waals surface area contributed by atoms with Gasteiger partial charge in [-0.15, -0.1) is 0 Å². The summed E-state index contributed by atoms with van der Waals surface area (Å²) in [5.74, 6) is 0.164. The molecule has 0 saturated carbocycles. The van der Waals surface area contributed by atoms with Gasteiger partial charge < -0.3 is 33.4 Å². The average molecular weight is 409 g/mol. The zero-order chi connectivity index (χ0) is 15.9. The first-order valence-corrected chi connectivity index (χ1v) is 6.79. The van der Waals surface area contributed by atoms with Gasteiger partial charge in [0.2, 0.25) is 0 Å². The third-order valence-corrected chi connectivity index (χ3v) is 1.09. The fraction of sp³-hybridized carbons (Fsp3) is 0.950. The molecule has 0 spiro atoms. The molecule has 0 aromatic carbocycles. The first-order chi connectivity index (χ1) is 9.01. The minimum atomic E-state index is 0. The standard InChI is InChI=1S/C5H14N2.C3H9N3.C2H7N.C2H6O.8CH4/c1-2-4-7-5-3-6;1-2-6-3(4)5;2*1-2-3;;;;;;;;/h7H,2-6H2,1H3;2H2,1H3,(H4,4,5,6);2-3H2,1H3;3H,2H2,1H3;8*1H4. The lowest BCUT2D eigenvalue weighted by Gasteiger charge is -1.95. The molecule has 7 heteroatoms. The SMILES string of the molecule is C.C.C.C.C.C.C.C.CCCNCCN.CCN.CCN=C(N)N.CCO. The highest BCUT2D eigenvalue weighted by Crippen LogP contribution is 1.65. The third-order valence-electron chi connectivity index (χ3n) is 1.09. The molecule has 0 aliphatic carbocycles. The minimum Gasteiger partial charge on any atom is -0.397 e. The Morgan fingerprint density at radius 1 is 0.778 bits per heavy atom. The van der Waals surface area contributed by atoms with Crippen LogP contribution in [0.25, 0.3) is 0 Å². The van der Waals surface area contributed by atoms with Crippen molar-refractivity contribution in [2.45, 2.75) is 93.5 Å². The van der Waals surface area contributed by atoms with E-state index in [4.69, 9.17) is 28.0 Å². The maximum atomic E-state index is 7.57. The predicted octanol–water partition coefficient (Wildman–Crippen LogP) is 4.28. The summed E-state index contributed by atoms with van der Waals surface area (Å²) in [6, 6.07) is 0. The van der Waals surface area contributed by atoms with Crippen LogP contribution >= 0.6 is 0 Å². The molecule has 7 nitrogen and oxygen atoms in total. The lowest BCUT2D eigenvalue weighted by molar-refractivity contribution is 0.318. The minimum absolute atomic E-state index is 0. The second kappa shape index (κ2) is 118. The number of hydrogen-bond donors (Lipinski definition) is 6. The van der Waals surface area contributed by atoms with Crippen molar-refractivity contribution in [2.75, 3.05) is 39.3 Å². The topological polar surface area (TPSA) is 149 Å². The highest BCUT2D eigenvalue weighted by Gasteiger charge is 1.76. The van der Waals surface area contributed by atoms with Gasteiger partial charge in [0.15, 0.2) is 5.96 Å². The van der Waals surface area contributed by atoms with Crippen molar-refractivity contribution in [3.05, 3.63) is 0 Å². The van der Waals surface area contributed by atoms with Gasteiger partial charge in [-0.05, 0) is 33.4 Å². The van der Waals surface area contributed by atoms with Crippen molar-refractivity contribution in [3.63, 3.8) is 0 Å². The molecular weight excluding hydrogens is 340 g/mol. The molecule has 0 aromatic heterocycles. The van der Waals surface area contributed by atoms with Crippen LogP contribution in [0, 0.1) is 0 Å². The number of nitrogens with one attached hydrogen (secondary N) is 1. The highest BCUT2D eigenvalue weighted by atomic mass is 16.2. The van der Waals surface area contributed by atoms with Gasteiger partial charge in [-0.2, -0.15) is 0 Å². The largest absolute Gasteiger partial charge is 0.397 e. The summed E-state index contributed by atoms with van der Waals surface area (Å²) in [5, 5.41) is 10.7. The van der Waals surface area contributed by atoms with Crippen LogP contribution in [0.2, 0.25) is 0 Å². The van der Waals surface area contributed by atoms with Gasteiger partial charge >= 0.3 is 0 Å². The van der Waals surface area contributed by atoms with Crippen LogP contribution < -0.4 is 28.3 Å². The molecule has 0 aliphatic rings. The Labute approximate surface area is 177 Å². The van der Waals surface area contributed by atoms with Gasteiger partial charge in [0.05, 0.1) is 0 Å². The number of hydrogen-bond acceptors (Lipinski definition) is 5. The van der Waals surface area contributed by atoms with Crippen LogP contribution in [0.1, 0.15) is 93.5 Å². The Morgan fingerprint density at radius 2 is 1.07 bits per heavy atom. The Bertz CT molecular complexity index is 138. The molecule has 0 unspecified atom stereocenters. The number of aliphatic hydroxyl groups excluding tert-OH is 1. The van der Waals surface area contributed by atoms with Crippen LogP contribution in [-0.4, -0.2) is 50.4 Å². The van der Waals surface area contributed by atoms with E-state index in [-0.39, 0.29) is 72.0 Å². The summed E-state index contributed by atoms with van der Waals surface area (Å²) < 4.78 is 0. The van der Waals surface area contributed by atoms with E-state index in [9.17, 15) is 0 Å². The summed E-state index contributed by atoms with van der Waals surface area (Å²) in [4.78, 5) is 3.60. The lowest BCUT2D eigenvalue weighted by atomic mass is 10.5. The zero-order valence-electron chi connectivity index (χ0n) is 13.2. The summed E-state index contributed by atoms with van der Waals surface area (Å²) in [6.45, 7) is 12.1. The smallest absolute Gasteiger partial charge is 0.185 e. The normalized spacial score (nSPS) is 5.44. The molecule has 0 atom stereocenters. The van der Waals surface area contributed by atoms with Crippen LogP contribution in [0.4, 0.5) is 0 Å².